The Morgan fingerprint density at radius 3 is 0.519 bits per heavy atom. The van der Waals surface area contributed by atoms with Crippen LogP contribution in [-0.2, 0) is 76.5 Å². The molecule has 0 aliphatic rings. The molecule has 0 aromatic carbocycles. The van der Waals surface area contributed by atoms with E-state index >= 15 is 0 Å². The van der Waals surface area contributed by atoms with Crippen molar-refractivity contribution in [3.63, 3.8) is 0 Å². The molecule has 10 radical (unpaired) electrons. The van der Waals surface area contributed by atoms with Crippen molar-refractivity contribution in [2.45, 2.75) is 51.6 Å². The van der Waals surface area contributed by atoms with Gasteiger partial charge >= 0.3 is 0 Å². The fourth-order valence-electron chi connectivity index (χ4n) is 1.12. The van der Waals surface area contributed by atoms with E-state index in [2.05, 4.69) is 41.5 Å². The van der Waals surface area contributed by atoms with E-state index in [1.807, 2.05) is 0 Å². The maximum Gasteiger partial charge on any atom is 0.0511 e. The van der Waals surface area contributed by atoms with Gasteiger partial charge in [0.25, 0.3) is 0 Å². The fourth-order valence-corrected chi connectivity index (χ4v) is 3.38. The number of rotatable bonds is 0. The normalized spacial score (nSPS) is 9.70. The summed E-state index contributed by atoms with van der Waals surface area (Å²) in [4.78, 5) is 0. The summed E-state index contributed by atoms with van der Waals surface area (Å²) >= 11 is 0. The molecule has 15 heteroatoms. The standard InChI is InChI=1S/C8H18Si.4CH3O2S.2Ge/c1-7(2,3)9-8(4,5)6;4*1-4(2)3;;/h1-6H3;4*1H3;;/q;4*-1;;. The summed E-state index contributed by atoms with van der Waals surface area (Å²) in [6.07, 6.45) is 4.33. The Balaban J connectivity index is -0.0000000386. The minimum atomic E-state index is -1.86. The monoisotopic (exact) mass is 606 g/mol. The van der Waals surface area contributed by atoms with Crippen molar-refractivity contribution in [3.05, 3.63) is 0 Å². The van der Waals surface area contributed by atoms with Gasteiger partial charge in [-0.15, -0.1) is 0 Å². The average molecular weight is 604 g/mol. The third-order valence-corrected chi connectivity index (χ3v) is 2.25. The molecule has 0 N–H and O–H groups in total. The summed E-state index contributed by atoms with van der Waals surface area (Å²) in [5.74, 6) is 0. The molecule has 0 aliphatic carbocycles. The minimum Gasteiger partial charge on any atom is -0.424 e. The Morgan fingerprint density at radius 2 is 0.519 bits per heavy atom. The Kier molecular flexibility index (Phi) is 46.5. The first kappa shape index (κ1) is 46.4. The van der Waals surface area contributed by atoms with Crippen molar-refractivity contribution in [2.75, 3.05) is 25.0 Å². The Bertz CT molecular complexity index is 476. The van der Waals surface area contributed by atoms with Gasteiger partial charge in [-0.3, -0.25) is 0 Å². The van der Waals surface area contributed by atoms with Crippen LogP contribution >= 0.6 is 0 Å². The van der Waals surface area contributed by atoms with E-state index in [1.165, 1.54) is 0 Å². The van der Waals surface area contributed by atoms with E-state index in [1.54, 1.807) is 0 Å². The van der Waals surface area contributed by atoms with E-state index in [0.717, 1.165) is 34.5 Å². The maximum atomic E-state index is 9.00. The average Bonchev–Trinajstić information content (AvgIpc) is 2.04. The van der Waals surface area contributed by atoms with Gasteiger partial charge in [-0.1, -0.05) is 109 Å². The summed E-state index contributed by atoms with van der Waals surface area (Å²) in [6.45, 7) is 13.8. The molecule has 8 nitrogen and oxygen atoms in total. The second kappa shape index (κ2) is 27.1. The molecule has 0 unspecified atom stereocenters. The van der Waals surface area contributed by atoms with Crippen molar-refractivity contribution in [1.29, 1.82) is 0 Å². The molecule has 0 aromatic rings. The van der Waals surface area contributed by atoms with E-state index in [4.69, 9.17) is 33.7 Å². The van der Waals surface area contributed by atoms with E-state index in [0.29, 0.717) is 10.1 Å². The van der Waals surface area contributed by atoms with Gasteiger partial charge in [0.05, 0.1) is 9.52 Å². The molecule has 0 saturated heterocycles. The first-order valence-electron chi connectivity index (χ1n) is 6.47. The predicted octanol–water partition coefficient (Wildman–Crippen LogP) is 2.07. The van der Waals surface area contributed by atoms with Crippen molar-refractivity contribution < 1.29 is 33.7 Å². The molecule has 0 saturated carbocycles. The molecule has 0 amide bonds. The van der Waals surface area contributed by atoms with Crippen LogP contribution in [0.5, 0.6) is 0 Å². The van der Waals surface area contributed by atoms with Crippen LogP contribution in [0.3, 0.4) is 0 Å². The van der Waals surface area contributed by atoms with Crippen LogP contribution in [0.2, 0.25) is 10.1 Å². The molecule has 0 aliphatic heterocycles. The molecule has 0 atom stereocenters. The molecule has 0 rings (SSSR count). The van der Waals surface area contributed by atoms with Gasteiger partial charge in [0.2, 0.25) is 0 Å². The predicted molar refractivity (Wildman–Crippen MR) is 115 cm³/mol. The third-order valence-electron chi connectivity index (χ3n) is 0.750. The summed E-state index contributed by atoms with van der Waals surface area (Å²) in [5.41, 5.74) is 0. The number of hydrogen-bond acceptors (Lipinski definition) is 12. The van der Waals surface area contributed by atoms with Crippen LogP contribution in [0.25, 0.3) is 0 Å². The number of hydrogen-bond donors (Lipinski definition) is 0. The van der Waals surface area contributed by atoms with Gasteiger partial charge in [0.15, 0.2) is 0 Å². The topological polar surface area (TPSA) is 137 Å². The molecule has 166 valence electrons. The molecular formula is C12H30Ge2O8S4Si-4. The van der Waals surface area contributed by atoms with Crippen molar-refractivity contribution in [1.82, 2.24) is 0 Å². The van der Waals surface area contributed by atoms with Crippen LogP contribution in [0.1, 0.15) is 41.5 Å². The van der Waals surface area contributed by atoms with E-state index < -0.39 is 42.8 Å². The van der Waals surface area contributed by atoms with Gasteiger partial charge in [0, 0.05) is 35.2 Å². The van der Waals surface area contributed by atoms with Gasteiger partial charge < -0.3 is 33.7 Å². The Morgan fingerprint density at radius 1 is 0.444 bits per heavy atom. The first-order chi connectivity index (χ1) is 10.6. The largest absolute Gasteiger partial charge is 0.424 e. The molecule has 0 bridgehead atoms. The van der Waals surface area contributed by atoms with Crippen molar-refractivity contribution in [3.8, 4) is 0 Å². The fraction of sp³-hybridized carbons (Fsp3) is 1.00. The maximum absolute atomic E-state index is 9.00. The van der Waals surface area contributed by atoms with Gasteiger partial charge in [0.1, 0.15) is 0 Å². The summed E-state index contributed by atoms with van der Waals surface area (Å²) in [7, 11) is -6.39. The van der Waals surface area contributed by atoms with Crippen molar-refractivity contribution in [2.24, 2.45) is 0 Å². The van der Waals surface area contributed by atoms with Gasteiger partial charge in [-0.05, 0) is 10.1 Å². The van der Waals surface area contributed by atoms with Crippen LogP contribution < -0.4 is 0 Å². The van der Waals surface area contributed by atoms with Crippen LogP contribution in [-0.4, -0.2) is 69.7 Å². The summed E-state index contributed by atoms with van der Waals surface area (Å²) in [5, 5.41) is 1.02. The summed E-state index contributed by atoms with van der Waals surface area (Å²) in [6, 6.07) is 0. The van der Waals surface area contributed by atoms with Crippen LogP contribution in [0, 0.1) is 0 Å². The SMILES string of the molecule is CC(C)(C)[Si]C(C)(C)C.C[S-](=O)=O.C[S-](=O)=O.C[S-](=O)=O.C[S-](=O)=O.[Ge].[Ge]. The van der Waals surface area contributed by atoms with Crippen LogP contribution in [0.4, 0.5) is 0 Å². The Hall–Kier alpha value is 1.10. The Labute approximate surface area is 196 Å². The van der Waals surface area contributed by atoms with Crippen LogP contribution in [0.15, 0.2) is 0 Å². The van der Waals surface area contributed by atoms with Gasteiger partial charge in [-0.2, -0.15) is 0 Å². The zero-order chi connectivity index (χ0) is 22.0. The minimum absolute atomic E-state index is 0. The quantitative estimate of drug-likeness (QED) is 0.303. The second-order valence-corrected chi connectivity index (χ2v) is 12.7. The molecule has 0 spiro atoms. The van der Waals surface area contributed by atoms with E-state index in [-0.39, 0.29) is 35.2 Å². The zero-order valence-corrected chi connectivity index (χ0v) is 25.9. The first-order valence-corrected chi connectivity index (χ1v) is 13.4. The summed E-state index contributed by atoms with van der Waals surface area (Å²) < 4.78 is 72.0. The molecule has 0 fully saturated rings. The van der Waals surface area contributed by atoms with E-state index in [9.17, 15) is 0 Å². The second-order valence-electron chi connectivity index (χ2n) is 6.23. The molecule has 27 heavy (non-hydrogen) atoms. The molecule has 0 heterocycles. The zero-order valence-electron chi connectivity index (χ0n) is 17.4. The van der Waals surface area contributed by atoms with Crippen molar-refractivity contribution >= 4 is 87.5 Å². The smallest absolute Gasteiger partial charge is 0.0511 e. The van der Waals surface area contributed by atoms with Gasteiger partial charge in [-0.25, -0.2) is 0 Å². The molecular weight excluding hydrogens is 574 g/mol. The molecule has 0 aromatic heterocycles. The third kappa shape index (κ3) is 339.